The van der Waals surface area contributed by atoms with Gasteiger partial charge >= 0.3 is 0 Å². The topological polar surface area (TPSA) is 72.8 Å². The van der Waals surface area contributed by atoms with Crippen molar-refractivity contribution in [3.8, 4) is 6.07 Å². The number of para-hydroxylation sites is 1. The minimum atomic E-state index is -0.0462. The summed E-state index contributed by atoms with van der Waals surface area (Å²) in [4.78, 5) is 22.8. The lowest BCUT2D eigenvalue weighted by molar-refractivity contribution is 0.670. The molecule has 152 valence electrons. The third-order valence-electron chi connectivity index (χ3n) is 5.44. The smallest absolute Gasteiger partial charge is 0.255 e. The molecule has 4 rings (SSSR count). The summed E-state index contributed by atoms with van der Waals surface area (Å²) in [5, 5.41) is 9.57. The van der Waals surface area contributed by atoms with Crippen LogP contribution in [0.1, 0.15) is 41.3 Å². The number of thioether (sulfide) groups is 1. The van der Waals surface area contributed by atoms with Gasteiger partial charge in [-0.1, -0.05) is 49.0 Å². The molecule has 1 aliphatic rings. The second-order valence-corrected chi connectivity index (χ2v) is 8.37. The van der Waals surface area contributed by atoms with Gasteiger partial charge in [0.25, 0.3) is 5.56 Å². The Labute approximate surface area is 180 Å². The van der Waals surface area contributed by atoms with Gasteiger partial charge in [0.05, 0.1) is 23.9 Å². The number of aromatic nitrogens is 2. The van der Waals surface area contributed by atoms with Crippen molar-refractivity contribution in [2.75, 3.05) is 11.4 Å². The quantitative estimate of drug-likeness (QED) is 0.475. The van der Waals surface area contributed by atoms with E-state index in [-0.39, 0.29) is 5.56 Å². The SMILES string of the molecule is CCc1c(CN2CCCc3ccccc32)nc(SCc2ccc(C#N)cc2)[nH]c1=O. The third-order valence-corrected chi connectivity index (χ3v) is 6.38. The Morgan fingerprint density at radius 3 is 2.77 bits per heavy atom. The normalized spacial score (nSPS) is 13.0. The maximum atomic E-state index is 12.7. The van der Waals surface area contributed by atoms with E-state index in [0.717, 1.165) is 36.2 Å². The number of nitrogens with zero attached hydrogens (tertiary/aromatic N) is 3. The van der Waals surface area contributed by atoms with Crippen LogP contribution < -0.4 is 10.5 Å². The fourth-order valence-electron chi connectivity index (χ4n) is 3.87. The Morgan fingerprint density at radius 2 is 2.00 bits per heavy atom. The maximum absolute atomic E-state index is 12.7. The summed E-state index contributed by atoms with van der Waals surface area (Å²) in [6.07, 6.45) is 2.87. The van der Waals surface area contributed by atoms with E-state index in [4.69, 9.17) is 10.2 Å². The molecule has 3 aromatic rings. The van der Waals surface area contributed by atoms with Crippen molar-refractivity contribution < 1.29 is 0 Å². The fourth-order valence-corrected chi connectivity index (χ4v) is 4.70. The second kappa shape index (κ2) is 9.19. The van der Waals surface area contributed by atoms with Crippen LogP contribution in [0.4, 0.5) is 5.69 Å². The van der Waals surface area contributed by atoms with Crippen LogP contribution in [0.3, 0.4) is 0 Å². The molecule has 2 heterocycles. The average molecular weight is 417 g/mol. The number of aromatic amines is 1. The van der Waals surface area contributed by atoms with Gasteiger partial charge in [-0.05, 0) is 48.6 Å². The molecule has 0 unspecified atom stereocenters. The third kappa shape index (κ3) is 4.42. The zero-order valence-corrected chi connectivity index (χ0v) is 17.8. The van der Waals surface area contributed by atoms with Crippen LogP contribution >= 0.6 is 11.8 Å². The molecule has 30 heavy (non-hydrogen) atoms. The summed E-state index contributed by atoms with van der Waals surface area (Å²) >= 11 is 1.51. The summed E-state index contributed by atoms with van der Waals surface area (Å²) in [6, 6.07) is 18.1. The number of nitriles is 1. The number of anilines is 1. The largest absolute Gasteiger partial charge is 0.365 e. The summed E-state index contributed by atoms with van der Waals surface area (Å²) in [7, 11) is 0. The van der Waals surface area contributed by atoms with Crippen LogP contribution in [0, 0.1) is 11.3 Å². The van der Waals surface area contributed by atoms with Crippen LogP contribution in [-0.4, -0.2) is 16.5 Å². The molecule has 1 N–H and O–H groups in total. The molecule has 0 amide bonds. The number of aryl methyl sites for hydroxylation is 1. The molecule has 5 nitrogen and oxygen atoms in total. The van der Waals surface area contributed by atoms with E-state index in [1.165, 1.54) is 23.0 Å². The van der Waals surface area contributed by atoms with E-state index < -0.39 is 0 Å². The standard InChI is InChI=1S/C24H24N4OS/c1-2-20-21(15-28-13-5-7-19-6-3-4-8-22(19)28)26-24(27-23(20)29)30-16-18-11-9-17(14-25)10-12-18/h3-4,6,8-12H,2,5,7,13,15-16H2,1H3,(H,26,27,29). The maximum Gasteiger partial charge on any atom is 0.255 e. The first-order chi connectivity index (χ1) is 14.7. The number of rotatable bonds is 6. The molecule has 0 spiro atoms. The van der Waals surface area contributed by atoms with Crippen LogP contribution in [0.5, 0.6) is 0 Å². The minimum absolute atomic E-state index is 0.0462. The molecule has 0 saturated carbocycles. The van der Waals surface area contributed by atoms with Gasteiger partial charge in [-0.25, -0.2) is 4.98 Å². The summed E-state index contributed by atoms with van der Waals surface area (Å²) in [5.74, 6) is 0.687. The highest BCUT2D eigenvalue weighted by Crippen LogP contribution is 2.28. The van der Waals surface area contributed by atoms with Gasteiger partial charge in [-0.3, -0.25) is 4.79 Å². The van der Waals surface area contributed by atoms with E-state index in [0.29, 0.717) is 29.4 Å². The molecular weight excluding hydrogens is 392 g/mol. The van der Waals surface area contributed by atoms with Gasteiger partial charge in [0.1, 0.15) is 0 Å². The number of fused-ring (bicyclic) bond motifs is 1. The molecule has 0 aliphatic carbocycles. The molecule has 0 radical (unpaired) electrons. The number of H-pyrrole nitrogens is 1. The lowest BCUT2D eigenvalue weighted by Gasteiger charge is -2.31. The zero-order valence-electron chi connectivity index (χ0n) is 17.0. The van der Waals surface area contributed by atoms with E-state index in [1.807, 2.05) is 31.2 Å². The zero-order chi connectivity index (χ0) is 20.9. The highest BCUT2D eigenvalue weighted by Gasteiger charge is 2.19. The average Bonchev–Trinajstić information content (AvgIpc) is 2.78. The molecule has 0 saturated heterocycles. The summed E-state index contributed by atoms with van der Waals surface area (Å²) in [5.41, 5.74) is 5.93. The van der Waals surface area contributed by atoms with Crippen molar-refractivity contribution in [1.82, 2.24) is 9.97 Å². The number of hydrogen-bond donors (Lipinski definition) is 1. The van der Waals surface area contributed by atoms with Gasteiger partial charge in [-0.15, -0.1) is 0 Å². The van der Waals surface area contributed by atoms with Crippen LogP contribution in [-0.2, 0) is 25.1 Å². The molecule has 1 aromatic heterocycles. The van der Waals surface area contributed by atoms with Crippen molar-refractivity contribution in [3.63, 3.8) is 0 Å². The monoisotopic (exact) mass is 416 g/mol. The van der Waals surface area contributed by atoms with E-state index >= 15 is 0 Å². The van der Waals surface area contributed by atoms with Crippen molar-refractivity contribution in [2.45, 2.75) is 43.6 Å². The Hall–Kier alpha value is -3.04. The first kappa shape index (κ1) is 20.2. The highest BCUT2D eigenvalue weighted by atomic mass is 32.2. The summed E-state index contributed by atoms with van der Waals surface area (Å²) in [6.45, 7) is 3.63. The first-order valence-electron chi connectivity index (χ1n) is 10.2. The molecule has 0 fully saturated rings. The fraction of sp³-hybridized carbons (Fsp3) is 0.292. The number of benzene rings is 2. The lowest BCUT2D eigenvalue weighted by Crippen LogP contribution is -2.31. The van der Waals surface area contributed by atoms with Gasteiger partial charge < -0.3 is 9.88 Å². The van der Waals surface area contributed by atoms with Crippen LogP contribution in [0.15, 0.2) is 58.5 Å². The predicted octanol–water partition coefficient (Wildman–Crippen LogP) is 4.45. The highest BCUT2D eigenvalue weighted by molar-refractivity contribution is 7.98. The Bertz CT molecular complexity index is 1130. The van der Waals surface area contributed by atoms with Gasteiger partial charge in [0, 0.05) is 23.5 Å². The lowest BCUT2D eigenvalue weighted by atomic mass is 10.0. The second-order valence-electron chi connectivity index (χ2n) is 7.40. The van der Waals surface area contributed by atoms with E-state index in [1.54, 1.807) is 0 Å². The van der Waals surface area contributed by atoms with E-state index in [2.05, 4.69) is 40.2 Å². The van der Waals surface area contributed by atoms with Crippen LogP contribution in [0.25, 0.3) is 0 Å². The van der Waals surface area contributed by atoms with Gasteiger partial charge in [0.2, 0.25) is 0 Å². The molecule has 0 atom stereocenters. The molecule has 1 aliphatic heterocycles. The number of nitrogens with one attached hydrogen (secondary N) is 1. The van der Waals surface area contributed by atoms with Crippen LogP contribution in [0.2, 0.25) is 0 Å². The predicted molar refractivity (Wildman–Crippen MR) is 121 cm³/mol. The molecular formula is C24H24N4OS. The Kier molecular flexibility index (Phi) is 6.20. The van der Waals surface area contributed by atoms with E-state index in [9.17, 15) is 4.79 Å². The molecule has 2 aromatic carbocycles. The van der Waals surface area contributed by atoms with Gasteiger partial charge in [0.15, 0.2) is 5.16 Å². The summed E-state index contributed by atoms with van der Waals surface area (Å²) < 4.78 is 0. The first-order valence-corrected chi connectivity index (χ1v) is 11.2. The molecule has 0 bridgehead atoms. The van der Waals surface area contributed by atoms with Crippen molar-refractivity contribution in [1.29, 1.82) is 5.26 Å². The Balaban J connectivity index is 1.56. The Morgan fingerprint density at radius 1 is 1.20 bits per heavy atom. The minimum Gasteiger partial charge on any atom is -0.365 e. The number of hydrogen-bond acceptors (Lipinski definition) is 5. The van der Waals surface area contributed by atoms with Gasteiger partial charge in [-0.2, -0.15) is 5.26 Å². The van der Waals surface area contributed by atoms with Crippen molar-refractivity contribution >= 4 is 17.4 Å². The van der Waals surface area contributed by atoms with Crippen molar-refractivity contribution in [3.05, 3.63) is 86.8 Å². The van der Waals surface area contributed by atoms with Crippen molar-refractivity contribution in [2.24, 2.45) is 0 Å². The molecule has 6 heteroatoms.